The molecule has 0 aliphatic rings. The smallest absolute Gasteiger partial charge is 0.0275 e. The fraction of sp³-hybridized carbons (Fsp3) is 0.200. The van der Waals surface area contributed by atoms with Gasteiger partial charge in [-0.3, -0.25) is 0 Å². The number of hydrogen-bond acceptors (Lipinski definition) is 0. The first-order valence-corrected chi connectivity index (χ1v) is 4.22. The third kappa shape index (κ3) is 2.10. The van der Waals surface area contributed by atoms with E-state index >= 15 is 0 Å². The van der Waals surface area contributed by atoms with Crippen LogP contribution in [0.4, 0.5) is 0 Å². The Hall–Kier alpha value is -0.740. The topological polar surface area (TPSA) is 0 Å². The molecule has 0 atom stereocenters. The summed E-state index contributed by atoms with van der Waals surface area (Å²) in [6.07, 6.45) is 0. The predicted octanol–water partition coefficient (Wildman–Crippen LogP) is 3.13. The highest BCUT2D eigenvalue weighted by Gasteiger charge is 1.93. The van der Waals surface area contributed by atoms with Crippen molar-refractivity contribution in [3.05, 3.63) is 33.8 Å². The largest absolute Gasteiger partial charge is 0.101 e. The Bertz CT molecular complexity index is 315. The van der Waals surface area contributed by atoms with Crippen LogP contribution in [0.2, 0.25) is 0 Å². The van der Waals surface area contributed by atoms with Gasteiger partial charge in [0.15, 0.2) is 0 Å². The van der Waals surface area contributed by atoms with Gasteiger partial charge < -0.3 is 0 Å². The molecule has 0 radical (unpaired) electrons. The Morgan fingerprint density at radius 1 is 1.36 bits per heavy atom. The maximum absolute atomic E-state index is 3.40. The lowest BCUT2D eigenvalue weighted by molar-refractivity contribution is 1.42. The van der Waals surface area contributed by atoms with Crippen LogP contribution in [0.25, 0.3) is 0 Å². The lowest BCUT2D eigenvalue weighted by Crippen LogP contribution is -1.80. The third-order valence-corrected chi connectivity index (χ3v) is 1.94. The molecule has 0 saturated heterocycles. The molecule has 1 rings (SSSR count). The Morgan fingerprint density at radius 3 is 2.64 bits per heavy atom. The zero-order valence-corrected chi connectivity index (χ0v) is 8.20. The molecular weight excluding hydrogens is 200 g/mol. The van der Waals surface area contributed by atoms with Crippen molar-refractivity contribution in [2.45, 2.75) is 13.8 Å². The summed E-state index contributed by atoms with van der Waals surface area (Å²) < 4.78 is 1.11. The van der Waals surface area contributed by atoms with E-state index < -0.39 is 0 Å². The minimum absolute atomic E-state index is 1.11. The van der Waals surface area contributed by atoms with Gasteiger partial charge in [0.25, 0.3) is 0 Å². The Labute approximate surface area is 75.8 Å². The van der Waals surface area contributed by atoms with Crippen LogP contribution in [-0.2, 0) is 0 Å². The van der Waals surface area contributed by atoms with Gasteiger partial charge in [0.1, 0.15) is 0 Å². The van der Waals surface area contributed by atoms with Crippen LogP contribution in [0.5, 0.6) is 0 Å². The van der Waals surface area contributed by atoms with Gasteiger partial charge in [-0.2, -0.15) is 0 Å². The van der Waals surface area contributed by atoms with E-state index in [4.69, 9.17) is 0 Å². The van der Waals surface area contributed by atoms with Crippen molar-refractivity contribution >= 4 is 15.9 Å². The van der Waals surface area contributed by atoms with E-state index in [2.05, 4.69) is 40.8 Å². The average molecular weight is 209 g/mol. The van der Waals surface area contributed by atoms with Gasteiger partial charge in [-0.1, -0.05) is 21.9 Å². The molecule has 0 amide bonds. The highest BCUT2D eigenvalue weighted by Crippen LogP contribution is 2.14. The van der Waals surface area contributed by atoms with Gasteiger partial charge in [-0.25, -0.2) is 0 Å². The lowest BCUT2D eigenvalue weighted by atomic mass is 10.1. The number of aryl methyl sites for hydroxylation is 1. The van der Waals surface area contributed by atoms with Crippen molar-refractivity contribution in [1.82, 2.24) is 0 Å². The molecule has 0 saturated carbocycles. The molecule has 1 aromatic carbocycles. The maximum atomic E-state index is 3.40. The quantitative estimate of drug-likeness (QED) is 0.576. The van der Waals surface area contributed by atoms with Crippen molar-refractivity contribution in [2.75, 3.05) is 0 Å². The molecule has 0 heterocycles. The molecule has 0 aromatic heterocycles. The van der Waals surface area contributed by atoms with Gasteiger partial charge in [-0.15, -0.1) is 5.92 Å². The minimum atomic E-state index is 1.11. The van der Waals surface area contributed by atoms with Crippen molar-refractivity contribution in [1.29, 1.82) is 0 Å². The summed E-state index contributed by atoms with van der Waals surface area (Å²) in [5, 5.41) is 0. The zero-order chi connectivity index (χ0) is 8.27. The monoisotopic (exact) mass is 208 g/mol. The predicted molar refractivity (Wildman–Crippen MR) is 51.4 cm³/mol. The van der Waals surface area contributed by atoms with Crippen LogP contribution in [0.3, 0.4) is 0 Å². The number of halogens is 1. The van der Waals surface area contributed by atoms with Gasteiger partial charge in [-0.05, 0) is 37.6 Å². The number of hydrogen-bond donors (Lipinski definition) is 0. The molecule has 0 N–H and O–H groups in total. The first-order chi connectivity index (χ1) is 5.24. The number of rotatable bonds is 0. The van der Waals surface area contributed by atoms with Crippen molar-refractivity contribution in [3.8, 4) is 11.8 Å². The molecule has 1 aromatic rings. The Kier molecular flexibility index (Phi) is 2.73. The molecule has 56 valence electrons. The summed E-state index contributed by atoms with van der Waals surface area (Å²) in [6.45, 7) is 3.91. The maximum Gasteiger partial charge on any atom is 0.0275 e. The summed E-state index contributed by atoms with van der Waals surface area (Å²) in [5.41, 5.74) is 2.32. The number of benzene rings is 1. The van der Waals surface area contributed by atoms with Crippen LogP contribution < -0.4 is 0 Å². The molecule has 0 unspecified atom stereocenters. The van der Waals surface area contributed by atoms with E-state index in [1.165, 1.54) is 5.56 Å². The van der Waals surface area contributed by atoms with E-state index in [1.54, 1.807) is 0 Å². The first kappa shape index (κ1) is 8.36. The van der Waals surface area contributed by atoms with Crippen LogP contribution in [0.1, 0.15) is 18.1 Å². The SMILES string of the molecule is CC#Cc1ccc(Br)cc1C. The van der Waals surface area contributed by atoms with Crippen LogP contribution >= 0.6 is 15.9 Å². The molecule has 0 nitrogen and oxygen atoms in total. The second-order valence-corrected chi connectivity index (χ2v) is 3.25. The second-order valence-electron chi connectivity index (χ2n) is 2.33. The molecular formula is C10H9Br. The summed E-state index contributed by atoms with van der Waals surface area (Å²) >= 11 is 3.40. The summed E-state index contributed by atoms with van der Waals surface area (Å²) in [6, 6.07) is 6.10. The Balaban J connectivity index is 3.16. The summed E-state index contributed by atoms with van der Waals surface area (Å²) in [7, 11) is 0. The van der Waals surface area contributed by atoms with Crippen molar-refractivity contribution in [3.63, 3.8) is 0 Å². The van der Waals surface area contributed by atoms with Gasteiger partial charge in [0.2, 0.25) is 0 Å². The summed E-state index contributed by atoms with van der Waals surface area (Å²) in [4.78, 5) is 0. The molecule has 0 aliphatic carbocycles. The normalized spacial score (nSPS) is 8.64. The standard InChI is InChI=1S/C10H9Br/c1-3-4-9-5-6-10(11)7-8(9)2/h5-7H,1-2H3. The third-order valence-electron chi connectivity index (χ3n) is 1.45. The van der Waals surface area contributed by atoms with Crippen molar-refractivity contribution in [2.24, 2.45) is 0 Å². The van der Waals surface area contributed by atoms with Gasteiger partial charge in [0.05, 0.1) is 0 Å². The fourth-order valence-corrected chi connectivity index (χ4v) is 1.38. The molecule has 0 spiro atoms. The van der Waals surface area contributed by atoms with E-state index in [1.807, 2.05) is 19.1 Å². The molecule has 11 heavy (non-hydrogen) atoms. The summed E-state index contributed by atoms with van der Waals surface area (Å²) in [5.74, 6) is 5.91. The van der Waals surface area contributed by atoms with Crippen LogP contribution in [-0.4, -0.2) is 0 Å². The second kappa shape index (κ2) is 3.59. The van der Waals surface area contributed by atoms with Crippen LogP contribution in [0.15, 0.2) is 22.7 Å². The van der Waals surface area contributed by atoms with Gasteiger partial charge >= 0.3 is 0 Å². The Morgan fingerprint density at radius 2 is 2.09 bits per heavy atom. The highest BCUT2D eigenvalue weighted by molar-refractivity contribution is 9.10. The van der Waals surface area contributed by atoms with Crippen LogP contribution in [0, 0.1) is 18.8 Å². The minimum Gasteiger partial charge on any atom is -0.101 e. The van der Waals surface area contributed by atoms with Crippen molar-refractivity contribution < 1.29 is 0 Å². The van der Waals surface area contributed by atoms with E-state index in [0.717, 1.165) is 10.0 Å². The lowest BCUT2D eigenvalue weighted by Gasteiger charge is -1.97. The van der Waals surface area contributed by atoms with E-state index in [-0.39, 0.29) is 0 Å². The van der Waals surface area contributed by atoms with E-state index in [0.29, 0.717) is 0 Å². The van der Waals surface area contributed by atoms with E-state index in [9.17, 15) is 0 Å². The highest BCUT2D eigenvalue weighted by atomic mass is 79.9. The molecule has 1 heteroatoms. The fourth-order valence-electron chi connectivity index (χ4n) is 0.902. The molecule has 0 fully saturated rings. The van der Waals surface area contributed by atoms with Gasteiger partial charge in [0, 0.05) is 10.0 Å². The zero-order valence-electron chi connectivity index (χ0n) is 6.61. The first-order valence-electron chi connectivity index (χ1n) is 3.43. The average Bonchev–Trinajstić information content (AvgIpc) is 1.95. The molecule has 0 bridgehead atoms. The molecule has 0 aliphatic heterocycles.